The topological polar surface area (TPSA) is 78.9 Å². The van der Waals surface area contributed by atoms with Crippen molar-refractivity contribution in [2.45, 2.75) is 43.7 Å². The quantitative estimate of drug-likeness (QED) is 0.490. The van der Waals surface area contributed by atoms with Crippen LogP contribution in [-0.4, -0.2) is 47.5 Å². The van der Waals surface area contributed by atoms with E-state index in [1.54, 1.807) is 48.5 Å². The number of benzene rings is 2. The second-order valence-corrected chi connectivity index (χ2v) is 8.64. The molecule has 0 aromatic heterocycles. The van der Waals surface area contributed by atoms with Gasteiger partial charge in [-0.3, -0.25) is 4.79 Å². The minimum Gasteiger partial charge on any atom is -0.461 e. The zero-order valence-corrected chi connectivity index (χ0v) is 18.2. The molecule has 0 saturated carbocycles. The van der Waals surface area contributed by atoms with Crippen LogP contribution in [0.4, 0.5) is 4.39 Å². The van der Waals surface area contributed by atoms with Gasteiger partial charge < -0.3 is 14.2 Å². The predicted octanol–water partition coefficient (Wildman–Crippen LogP) is 4.03. The van der Waals surface area contributed by atoms with E-state index in [9.17, 15) is 18.8 Å². The van der Waals surface area contributed by atoms with Crippen LogP contribution in [0.1, 0.15) is 38.8 Å². The van der Waals surface area contributed by atoms with Crippen LogP contribution in [0.2, 0.25) is 0 Å². The van der Waals surface area contributed by atoms with Crippen LogP contribution >= 0.6 is 11.8 Å². The van der Waals surface area contributed by atoms with Gasteiger partial charge in [0.25, 0.3) is 0 Å². The summed E-state index contributed by atoms with van der Waals surface area (Å²) in [6.45, 7) is 4.74. The van der Waals surface area contributed by atoms with Crippen molar-refractivity contribution in [1.29, 1.82) is 0 Å². The second-order valence-electron chi connectivity index (χ2n) is 7.30. The Morgan fingerprint density at radius 1 is 0.871 bits per heavy atom. The normalized spacial score (nSPS) is 22.6. The molecule has 8 heteroatoms. The molecule has 1 heterocycles. The van der Waals surface area contributed by atoms with Crippen LogP contribution in [0.25, 0.3) is 0 Å². The SMILES string of the molecule is CC(=O)OC1S[C@H](COC(=O)c2ccc(C)cc2)[C@@H](OC(=O)c2ccc(C)cc2)[C@@H]1F. The van der Waals surface area contributed by atoms with Gasteiger partial charge in [-0.1, -0.05) is 35.4 Å². The smallest absolute Gasteiger partial charge is 0.338 e. The molecule has 2 aromatic carbocycles. The summed E-state index contributed by atoms with van der Waals surface area (Å²) in [5, 5.41) is -0.733. The van der Waals surface area contributed by atoms with Gasteiger partial charge in [0.2, 0.25) is 0 Å². The first-order valence-electron chi connectivity index (χ1n) is 9.73. The first-order valence-corrected chi connectivity index (χ1v) is 10.7. The van der Waals surface area contributed by atoms with E-state index in [2.05, 4.69) is 0 Å². The zero-order chi connectivity index (χ0) is 22.5. The van der Waals surface area contributed by atoms with E-state index in [0.29, 0.717) is 5.56 Å². The Labute approximate surface area is 184 Å². The van der Waals surface area contributed by atoms with Crippen LogP contribution in [0.15, 0.2) is 48.5 Å². The van der Waals surface area contributed by atoms with Gasteiger partial charge in [0.05, 0.1) is 16.4 Å². The van der Waals surface area contributed by atoms with Gasteiger partial charge in [0, 0.05) is 6.92 Å². The molecule has 164 valence electrons. The molecule has 0 amide bonds. The van der Waals surface area contributed by atoms with Crippen LogP contribution in [-0.2, 0) is 19.0 Å². The van der Waals surface area contributed by atoms with E-state index in [0.717, 1.165) is 22.9 Å². The lowest BCUT2D eigenvalue weighted by molar-refractivity contribution is -0.145. The fourth-order valence-electron chi connectivity index (χ4n) is 3.03. The molecule has 0 aliphatic carbocycles. The van der Waals surface area contributed by atoms with Gasteiger partial charge in [-0.15, -0.1) is 11.8 Å². The molecule has 1 fully saturated rings. The standard InChI is InChI=1S/C23H23FO6S/c1-13-4-8-16(9-5-13)21(26)28-12-18-20(19(24)23(31-18)29-15(3)25)30-22(27)17-10-6-14(2)7-11-17/h4-11,18-20,23H,12H2,1-3H3/t18-,19+,20-,23?/m1/s1. The van der Waals surface area contributed by atoms with E-state index in [4.69, 9.17) is 14.2 Å². The molecule has 0 spiro atoms. The van der Waals surface area contributed by atoms with Crippen LogP contribution in [0.5, 0.6) is 0 Å². The first kappa shape index (κ1) is 22.8. The average molecular weight is 446 g/mol. The number of thioether (sulfide) groups is 1. The van der Waals surface area contributed by atoms with Crippen molar-refractivity contribution in [3.63, 3.8) is 0 Å². The largest absolute Gasteiger partial charge is 0.461 e. The van der Waals surface area contributed by atoms with Gasteiger partial charge in [0.1, 0.15) is 6.61 Å². The third-order valence-electron chi connectivity index (χ3n) is 4.73. The van der Waals surface area contributed by atoms with Crippen molar-refractivity contribution in [2.24, 2.45) is 0 Å². The maximum atomic E-state index is 15.0. The van der Waals surface area contributed by atoms with E-state index in [1.165, 1.54) is 6.92 Å². The minimum atomic E-state index is -1.76. The molecule has 1 aliphatic rings. The number of rotatable bonds is 6. The maximum absolute atomic E-state index is 15.0. The minimum absolute atomic E-state index is 0.207. The molecule has 0 N–H and O–H groups in total. The van der Waals surface area contributed by atoms with E-state index in [-0.39, 0.29) is 12.2 Å². The third kappa shape index (κ3) is 5.85. The number of esters is 3. The van der Waals surface area contributed by atoms with Gasteiger partial charge in [-0.2, -0.15) is 0 Å². The number of hydrogen-bond acceptors (Lipinski definition) is 7. The maximum Gasteiger partial charge on any atom is 0.338 e. The monoisotopic (exact) mass is 446 g/mol. The summed E-state index contributed by atoms with van der Waals surface area (Å²) in [5.74, 6) is -1.93. The Morgan fingerprint density at radius 3 is 1.90 bits per heavy atom. The van der Waals surface area contributed by atoms with Crippen molar-refractivity contribution in [1.82, 2.24) is 0 Å². The van der Waals surface area contributed by atoms with Crippen molar-refractivity contribution < 1.29 is 33.0 Å². The van der Waals surface area contributed by atoms with Gasteiger partial charge >= 0.3 is 17.9 Å². The second kappa shape index (κ2) is 9.96. The van der Waals surface area contributed by atoms with Crippen LogP contribution in [0, 0.1) is 13.8 Å². The zero-order valence-electron chi connectivity index (χ0n) is 17.4. The Hall–Kier alpha value is -2.87. The highest BCUT2D eigenvalue weighted by molar-refractivity contribution is 8.00. The van der Waals surface area contributed by atoms with E-state index in [1.807, 2.05) is 13.8 Å². The van der Waals surface area contributed by atoms with Gasteiger partial charge in [-0.05, 0) is 38.1 Å². The fourth-order valence-corrected chi connectivity index (χ4v) is 4.38. The molecule has 1 unspecified atom stereocenters. The summed E-state index contributed by atoms with van der Waals surface area (Å²) in [4.78, 5) is 36.1. The fraction of sp³-hybridized carbons (Fsp3) is 0.348. The highest BCUT2D eigenvalue weighted by atomic mass is 32.2. The lowest BCUT2D eigenvalue weighted by Gasteiger charge is -2.20. The number of alkyl halides is 1. The predicted molar refractivity (Wildman–Crippen MR) is 114 cm³/mol. The van der Waals surface area contributed by atoms with Crippen molar-refractivity contribution >= 4 is 29.7 Å². The van der Waals surface area contributed by atoms with Crippen LogP contribution in [0.3, 0.4) is 0 Å². The first-order chi connectivity index (χ1) is 14.7. The highest BCUT2D eigenvalue weighted by Gasteiger charge is 2.49. The molecule has 3 rings (SSSR count). The molecule has 1 saturated heterocycles. The van der Waals surface area contributed by atoms with Crippen molar-refractivity contribution in [3.8, 4) is 0 Å². The Morgan fingerprint density at radius 2 is 1.39 bits per heavy atom. The number of halogens is 1. The number of aryl methyl sites for hydroxylation is 2. The molecule has 1 aliphatic heterocycles. The van der Waals surface area contributed by atoms with Gasteiger partial charge in [-0.25, -0.2) is 14.0 Å². The number of ether oxygens (including phenoxy) is 3. The summed E-state index contributed by atoms with van der Waals surface area (Å²) in [6.07, 6.45) is -3.00. The van der Waals surface area contributed by atoms with Crippen molar-refractivity contribution in [2.75, 3.05) is 6.61 Å². The van der Waals surface area contributed by atoms with Crippen LogP contribution < -0.4 is 0 Å². The lowest BCUT2D eigenvalue weighted by atomic mass is 10.1. The molecule has 6 nitrogen and oxygen atoms in total. The molecular weight excluding hydrogens is 423 g/mol. The van der Waals surface area contributed by atoms with Gasteiger partial charge in [0.15, 0.2) is 17.7 Å². The van der Waals surface area contributed by atoms with Crippen molar-refractivity contribution in [3.05, 3.63) is 70.8 Å². The van der Waals surface area contributed by atoms with E-state index < -0.39 is 40.9 Å². The Bertz CT molecular complexity index is 944. The summed E-state index contributed by atoms with van der Waals surface area (Å²) in [6, 6.07) is 13.5. The Balaban J connectivity index is 1.70. The number of carbonyl (C=O) groups excluding carboxylic acids is 3. The number of hydrogen-bond donors (Lipinski definition) is 0. The third-order valence-corrected chi connectivity index (χ3v) is 6.11. The average Bonchev–Trinajstić information content (AvgIpc) is 3.01. The number of carbonyl (C=O) groups is 3. The molecule has 31 heavy (non-hydrogen) atoms. The highest BCUT2D eigenvalue weighted by Crippen LogP contribution is 2.39. The summed E-state index contributed by atoms with van der Waals surface area (Å²) in [5.41, 5.74) is 1.43. The summed E-state index contributed by atoms with van der Waals surface area (Å²) >= 11 is 0.962. The molecule has 2 aromatic rings. The Kier molecular flexibility index (Phi) is 7.33. The molecule has 4 atom stereocenters. The lowest BCUT2D eigenvalue weighted by Crippen LogP contribution is -2.37. The molecular formula is C23H23FO6S. The molecule has 0 radical (unpaired) electrons. The van der Waals surface area contributed by atoms with E-state index >= 15 is 0 Å². The molecule has 0 bridgehead atoms. The summed E-state index contributed by atoms with van der Waals surface area (Å²) in [7, 11) is 0. The summed E-state index contributed by atoms with van der Waals surface area (Å²) < 4.78 is 30.7.